The van der Waals surface area contributed by atoms with Crippen LogP contribution in [0, 0.1) is 0 Å². The Bertz CT molecular complexity index is 532. The number of piperidine rings is 1. The Morgan fingerprint density at radius 1 is 1.09 bits per heavy atom. The van der Waals surface area contributed by atoms with E-state index < -0.39 is 0 Å². The van der Waals surface area contributed by atoms with Crippen LogP contribution in [-0.2, 0) is 5.41 Å². The molecule has 2 heterocycles. The average molecular weight is 300 g/mol. The summed E-state index contributed by atoms with van der Waals surface area (Å²) in [5, 5.41) is 3.64. The van der Waals surface area contributed by atoms with E-state index in [1.54, 1.807) is 0 Å². The van der Waals surface area contributed by atoms with E-state index in [4.69, 9.17) is 0 Å². The number of hydrogen-bond donors (Lipinski definition) is 1. The third kappa shape index (κ3) is 3.05. The fourth-order valence-electron chi connectivity index (χ4n) is 3.83. The van der Waals surface area contributed by atoms with Gasteiger partial charge < -0.3 is 10.2 Å². The molecule has 1 aromatic rings. The highest BCUT2D eigenvalue weighted by molar-refractivity contribution is 5.94. The molecule has 3 heteroatoms. The van der Waals surface area contributed by atoms with E-state index in [2.05, 4.69) is 38.2 Å². The van der Waals surface area contributed by atoms with E-state index in [0.717, 1.165) is 18.4 Å². The van der Waals surface area contributed by atoms with Crippen molar-refractivity contribution in [3.05, 3.63) is 35.4 Å². The molecule has 2 aliphatic heterocycles. The quantitative estimate of drug-likeness (QED) is 0.908. The van der Waals surface area contributed by atoms with E-state index in [1.807, 2.05) is 24.1 Å². The minimum absolute atomic E-state index is 0.127. The second-order valence-electron chi connectivity index (χ2n) is 8.01. The smallest absolute Gasteiger partial charge is 0.253 e. The first-order valence-corrected chi connectivity index (χ1v) is 8.48. The maximum atomic E-state index is 12.7. The van der Waals surface area contributed by atoms with Crippen molar-refractivity contribution in [2.45, 2.75) is 70.0 Å². The molecule has 0 saturated carbocycles. The van der Waals surface area contributed by atoms with Gasteiger partial charge in [0.1, 0.15) is 0 Å². The van der Waals surface area contributed by atoms with Crippen LogP contribution in [0.4, 0.5) is 0 Å². The van der Waals surface area contributed by atoms with Crippen molar-refractivity contribution in [3.63, 3.8) is 0 Å². The number of fused-ring (bicyclic) bond motifs is 2. The molecule has 2 saturated heterocycles. The lowest BCUT2D eigenvalue weighted by molar-refractivity contribution is 0.0681. The van der Waals surface area contributed by atoms with Gasteiger partial charge in [-0.15, -0.1) is 0 Å². The predicted molar refractivity (Wildman–Crippen MR) is 90.2 cm³/mol. The number of nitrogens with one attached hydrogen (secondary N) is 1. The minimum Gasteiger partial charge on any atom is -0.339 e. The molecule has 1 N–H and O–H groups in total. The maximum absolute atomic E-state index is 12.7. The van der Waals surface area contributed by atoms with Crippen LogP contribution in [0.1, 0.15) is 62.4 Å². The molecular weight excluding hydrogens is 272 g/mol. The number of benzene rings is 1. The molecule has 120 valence electrons. The average Bonchev–Trinajstić information content (AvgIpc) is 2.83. The molecule has 22 heavy (non-hydrogen) atoms. The SMILES string of the molecule is CN(C(=O)c1ccc(C(C)(C)C)cc1)C1CC2CCC(C1)N2. The van der Waals surface area contributed by atoms with Gasteiger partial charge in [-0.3, -0.25) is 4.79 Å². The van der Waals surface area contributed by atoms with Gasteiger partial charge in [-0.05, 0) is 48.8 Å². The topological polar surface area (TPSA) is 32.3 Å². The zero-order chi connectivity index (χ0) is 15.9. The normalized spacial score (nSPS) is 27.7. The summed E-state index contributed by atoms with van der Waals surface area (Å²) >= 11 is 0. The fraction of sp³-hybridized carbons (Fsp3) is 0.632. The van der Waals surface area contributed by atoms with Crippen LogP contribution < -0.4 is 5.32 Å². The van der Waals surface area contributed by atoms with Crippen molar-refractivity contribution in [2.24, 2.45) is 0 Å². The number of hydrogen-bond acceptors (Lipinski definition) is 2. The number of rotatable bonds is 2. The first kappa shape index (κ1) is 15.5. The molecule has 2 unspecified atom stereocenters. The summed E-state index contributed by atoms with van der Waals surface area (Å²) in [5.74, 6) is 0.159. The lowest BCUT2D eigenvalue weighted by Gasteiger charge is -2.35. The number of carbonyl (C=O) groups is 1. The van der Waals surface area contributed by atoms with Gasteiger partial charge in [0, 0.05) is 30.7 Å². The molecule has 2 atom stereocenters. The van der Waals surface area contributed by atoms with Gasteiger partial charge >= 0.3 is 0 Å². The van der Waals surface area contributed by atoms with Crippen LogP contribution in [0.3, 0.4) is 0 Å². The van der Waals surface area contributed by atoms with Gasteiger partial charge in [0.25, 0.3) is 5.91 Å². The summed E-state index contributed by atoms with van der Waals surface area (Å²) in [6.45, 7) is 6.59. The van der Waals surface area contributed by atoms with E-state index >= 15 is 0 Å². The zero-order valence-corrected chi connectivity index (χ0v) is 14.2. The van der Waals surface area contributed by atoms with E-state index in [9.17, 15) is 4.79 Å². The van der Waals surface area contributed by atoms with Gasteiger partial charge in [-0.2, -0.15) is 0 Å². The Kier molecular flexibility index (Phi) is 4.02. The molecule has 0 radical (unpaired) electrons. The summed E-state index contributed by atoms with van der Waals surface area (Å²) in [5.41, 5.74) is 2.20. The van der Waals surface area contributed by atoms with Gasteiger partial charge in [-0.25, -0.2) is 0 Å². The summed E-state index contributed by atoms with van der Waals surface area (Å²) < 4.78 is 0. The predicted octanol–water partition coefficient (Wildman–Crippen LogP) is 3.34. The largest absolute Gasteiger partial charge is 0.339 e. The van der Waals surface area contributed by atoms with Crippen LogP contribution in [-0.4, -0.2) is 36.0 Å². The summed E-state index contributed by atoms with van der Waals surface area (Å²) in [6.07, 6.45) is 4.73. The molecular formula is C19H28N2O. The Hall–Kier alpha value is -1.35. The molecule has 0 aliphatic carbocycles. The zero-order valence-electron chi connectivity index (χ0n) is 14.2. The third-order valence-electron chi connectivity index (χ3n) is 5.31. The van der Waals surface area contributed by atoms with Crippen LogP contribution >= 0.6 is 0 Å². The minimum atomic E-state index is 0.127. The molecule has 1 aromatic carbocycles. The van der Waals surface area contributed by atoms with Crippen molar-refractivity contribution in [2.75, 3.05) is 7.05 Å². The second kappa shape index (κ2) is 5.69. The van der Waals surface area contributed by atoms with Crippen molar-refractivity contribution in [1.29, 1.82) is 0 Å². The monoisotopic (exact) mass is 300 g/mol. The summed E-state index contributed by atoms with van der Waals surface area (Å²) in [6, 6.07) is 9.75. The van der Waals surface area contributed by atoms with Crippen LogP contribution in [0.15, 0.2) is 24.3 Å². The van der Waals surface area contributed by atoms with Crippen molar-refractivity contribution >= 4 is 5.91 Å². The van der Waals surface area contributed by atoms with E-state index in [1.165, 1.54) is 18.4 Å². The van der Waals surface area contributed by atoms with Crippen molar-refractivity contribution in [3.8, 4) is 0 Å². The Morgan fingerprint density at radius 2 is 1.64 bits per heavy atom. The number of carbonyl (C=O) groups excluding carboxylic acids is 1. The molecule has 3 rings (SSSR count). The molecule has 2 aliphatic rings. The Balaban J connectivity index is 1.70. The Labute approximate surface area is 134 Å². The van der Waals surface area contributed by atoms with Gasteiger partial charge in [0.15, 0.2) is 0 Å². The van der Waals surface area contributed by atoms with Gasteiger partial charge in [-0.1, -0.05) is 32.9 Å². The molecule has 2 fully saturated rings. The van der Waals surface area contributed by atoms with E-state index in [-0.39, 0.29) is 11.3 Å². The first-order valence-electron chi connectivity index (χ1n) is 8.48. The van der Waals surface area contributed by atoms with Crippen LogP contribution in [0.5, 0.6) is 0 Å². The Morgan fingerprint density at radius 3 is 2.14 bits per heavy atom. The molecule has 2 bridgehead atoms. The molecule has 0 aromatic heterocycles. The van der Waals surface area contributed by atoms with Crippen LogP contribution in [0.2, 0.25) is 0 Å². The second-order valence-corrected chi connectivity index (χ2v) is 8.01. The number of amides is 1. The highest BCUT2D eigenvalue weighted by atomic mass is 16.2. The van der Waals surface area contributed by atoms with Gasteiger partial charge in [0.05, 0.1) is 0 Å². The lowest BCUT2D eigenvalue weighted by Crippen LogP contribution is -2.48. The summed E-state index contributed by atoms with van der Waals surface area (Å²) in [4.78, 5) is 14.7. The first-order chi connectivity index (χ1) is 10.3. The van der Waals surface area contributed by atoms with Crippen LogP contribution in [0.25, 0.3) is 0 Å². The maximum Gasteiger partial charge on any atom is 0.253 e. The van der Waals surface area contributed by atoms with Gasteiger partial charge in [0.2, 0.25) is 0 Å². The standard InChI is InChI=1S/C19H28N2O/c1-19(2,3)14-7-5-13(6-8-14)18(22)21(4)17-11-15-9-10-16(12-17)20-15/h5-8,15-17,20H,9-12H2,1-4H3. The van der Waals surface area contributed by atoms with Crippen molar-refractivity contribution in [1.82, 2.24) is 10.2 Å². The molecule has 0 spiro atoms. The molecule has 1 amide bonds. The summed E-state index contributed by atoms with van der Waals surface area (Å²) in [7, 11) is 1.97. The third-order valence-corrected chi connectivity index (χ3v) is 5.31. The molecule has 3 nitrogen and oxygen atoms in total. The lowest BCUT2D eigenvalue weighted by atomic mass is 9.86. The van der Waals surface area contributed by atoms with E-state index in [0.29, 0.717) is 18.1 Å². The highest BCUT2D eigenvalue weighted by Crippen LogP contribution is 2.30. The van der Waals surface area contributed by atoms with Crippen molar-refractivity contribution < 1.29 is 4.79 Å². The number of nitrogens with zero attached hydrogens (tertiary/aromatic N) is 1. The fourth-order valence-corrected chi connectivity index (χ4v) is 3.83. The highest BCUT2D eigenvalue weighted by Gasteiger charge is 2.36.